The summed E-state index contributed by atoms with van der Waals surface area (Å²) in [7, 11) is 1.79. The van der Waals surface area contributed by atoms with Gasteiger partial charge in [0.1, 0.15) is 0 Å². The standard InChI is InChI=1S/C12H25N3O.2ClH/c1-13-11-12(16)14-7-6-10-15-8-4-2-3-5-9-15;;/h13H,2-11H2,1H3,(H,14,16);2*1H. The largest absolute Gasteiger partial charge is 0.355 e. The number of nitrogens with zero attached hydrogens (tertiary/aromatic N) is 1. The Hall–Kier alpha value is -0.0300. The van der Waals surface area contributed by atoms with Crippen LogP contribution in [0.15, 0.2) is 0 Å². The van der Waals surface area contributed by atoms with Gasteiger partial charge in [0.15, 0.2) is 0 Å². The Labute approximate surface area is 123 Å². The van der Waals surface area contributed by atoms with Gasteiger partial charge >= 0.3 is 0 Å². The molecule has 0 bridgehead atoms. The molecule has 1 rings (SSSR count). The molecule has 0 atom stereocenters. The summed E-state index contributed by atoms with van der Waals surface area (Å²) in [6.45, 7) is 4.83. The maximum absolute atomic E-state index is 11.2. The second-order valence-corrected chi connectivity index (χ2v) is 4.49. The zero-order valence-electron chi connectivity index (χ0n) is 11.2. The Morgan fingerprint density at radius 2 is 1.72 bits per heavy atom. The van der Waals surface area contributed by atoms with Gasteiger partial charge < -0.3 is 15.5 Å². The van der Waals surface area contributed by atoms with Crippen LogP contribution < -0.4 is 10.6 Å². The lowest BCUT2D eigenvalue weighted by atomic mass is 10.2. The Morgan fingerprint density at radius 3 is 2.28 bits per heavy atom. The van der Waals surface area contributed by atoms with Crippen LogP contribution in [0, 0.1) is 0 Å². The summed E-state index contributed by atoms with van der Waals surface area (Å²) in [4.78, 5) is 13.7. The molecule has 6 heteroatoms. The van der Waals surface area contributed by atoms with Crippen LogP contribution in [0.5, 0.6) is 0 Å². The first-order chi connectivity index (χ1) is 7.83. The van der Waals surface area contributed by atoms with Crippen molar-refractivity contribution in [2.45, 2.75) is 32.1 Å². The van der Waals surface area contributed by atoms with Crippen molar-refractivity contribution in [1.82, 2.24) is 15.5 Å². The van der Waals surface area contributed by atoms with E-state index >= 15 is 0 Å². The number of hydrogen-bond acceptors (Lipinski definition) is 3. The van der Waals surface area contributed by atoms with Crippen molar-refractivity contribution in [2.24, 2.45) is 0 Å². The maximum atomic E-state index is 11.2. The molecule has 0 aromatic rings. The van der Waals surface area contributed by atoms with Gasteiger partial charge in [-0.05, 0) is 45.9 Å². The van der Waals surface area contributed by atoms with E-state index in [2.05, 4.69) is 15.5 Å². The number of likely N-dealkylation sites (tertiary alicyclic amines) is 1. The van der Waals surface area contributed by atoms with Gasteiger partial charge in [0.2, 0.25) is 5.91 Å². The predicted octanol–water partition coefficient (Wildman–Crippen LogP) is 1.43. The first kappa shape index (κ1) is 20.3. The van der Waals surface area contributed by atoms with E-state index in [0.29, 0.717) is 6.54 Å². The van der Waals surface area contributed by atoms with E-state index in [-0.39, 0.29) is 30.7 Å². The van der Waals surface area contributed by atoms with E-state index in [1.165, 1.54) is 38.8 Å². The Morgan fingerprint density at radius 1 is 1.11 bits per heavy atom. The summed E-state index contributed by atoms with van der Waals surface area (Å²) >= 11 is 0. The minimum atomic E-state index is 0. The van der Waals surface area contributed by atoms with Gasteiger partial charge in [0.25, 0.3) is 0 Å². The van der Waals surface area contributed by atoms with Gasteiger partial charge in [-0.25, -0.2) is 0 Å². The molecule has 1 amide bonds. The van der Waals surface area contributed by atoms with Crippen molar-refractivity contribution >= 4 is 30.7 Å². The fraction of sp³-hybridized carbons (Fsp3) is 0.917. The van der Waals surface area contributed by atoms with Crippen LogP contribution in [0.25, 0.3) is 0 Å². The molecule has 1 saturated heterocycles. The minimum Gasteiger partial charge on any atom is -0.355 e. The van der Waals surface area contributed by atoms with Crippen molar-refractivity contribution in [3.63, 3.8) is 0 Å². The van der Waals surface area contributed by atoms with Gasteiger partial charge in [0.05, 0.1) is 6.54 Å². The third-order valence-corrected chi connectivity index (χ3v) is 3.01. The van der Waals surface area contributed by atoms with Crippen molar-refractivity contribution in [3.05, 3.63) is 0 Å². The van der Waals surface area contributed by atoms with E-state index in [4.69, 9.17) is 0 Å². The van der Waals surface area contributed by atoms with Crippen molar-refractivity contribution in [3.8, 4) is 0 Å². The average Bonchev–Trinajstić information content (AvgIpc) is 2.53. The summed E-state index contributed by atoms with van der Waals surface area (Å²) in [5, 5.41) is 5.75. The normalized spacial score (nSPS) is 16.1. The number of rotatable bonds is 6. The van der Waals surface area contributed by atoms with Crippen LogP contribution in [0.3, 0.4) is 0 Å². The molecule has 1 aliphatic heterocycles. The Kier molecular flexibility index (Phi) is 15.1. The number of carbonyl (C=O) groups is 1. The van der Waals surface area contributed by atoms with E-state index in [9.17, 15) is 4.79 Å². The Balaban J connectivity index is 0. The van der Waals surface area contributed by atoms with E-state index < -0.39 is 0 Å². The van der Waals surface area contributed by atoms with Crippen LogP contribution in [-0.2, 0) is 4.79 Å². The first-order valence-electron chi connectivity index (χ1n) is 6.46. The number of nitrogens with one attached hydrogen (secondary N) is 2. The lowest BCUT2D eigenvalue weighted by Crippen LogP contribution is -2.34. The first-order valence-corrected chi connectivity index (χ1v) is 6.46. The van der Waals surface area contributed by atoms with Crippen LogP contribution in [0.4, 0.5) is 0 Å². The van der Waals surface area contributed by atoms with Gasteiger partial charge in [-0.2, -0.15) is 0 Å². The smallest absolute Gasteiger partial charge is 0.233 e. The second kappa shape index (κ2) is 13.4. The molecule has 1 heterocycles. The summed E-state index contributed by atoms with van der Waals surface area (Å²) in [6.07, 6.45) is 6.51. The lowest BCUT2D eigenvalue weighted by Gasteiger charge is -2.19. The summed E-state index contributed by atoms with van der Waals surface area (Å²) in [5.74, 6) is 0.0957. The number of hydrogen-bond donors (Lipinski definition) is 2. The van der Waals surface area contributed by atoms with Gasteiger partial charge in [-0.3, -0.25) is 4.79 Å². The van der Waals surface area contributed by atoms with Crippen LogP contribution in [-0.4, -0.2) is 50.6 Å². The van der Waals surface area contributed by atoms with Crippen molar-refractivity contribution in [2.75, 3.05) is 39.8 Å². The summed E-state index contributed by atoms with van der Waals surface area (Å²) in [6, 6.07) is 0. The summed E-state index contributed by atoms with van der Waals surface area (Å²) in [5.41, 5.74) is 0. The van der Waals surface area contributed by atoms with Crippen LogP contribution in [0.2, 0.25) is 0 Å². The molecular weight excluding hydrogens is 273 g/mol. The average molecular weight is 300 g/mol. The van der Waals surface area contributed by atoms with E-state index in [1.54, 1.807) is 7.05 Å². The Bertz CT molecular complexity index is 198. The van der Waals surface area contributed by atoms with Crippen LogP contribution >= 0.6 is 24.8 Å². The quantitative estimate of drug-likeness (QED) is 0.730. The molecule has 0 aromatic carbocycles. The van der Waals surface area contributed by atoms with E-state index in [1.807, 2.05) is 0 Å². The zero-order chi connectivity index (χ0) is 11.6. The highest BCUT2D eigenvalue weighted by Gasteiger charge is 2.08. The molecule has 2 N–H and O–H groups in total. The molecule has 0 spiro atoms. The van der Waals surface area contributed by atoms with Crippen molar-refractivity contribution < 1.29 is 4.79 Å². The molecular formula is C12H27Cl2N3O. The topological polar surface area (TPSA) is 44.4 Å². The molecule has 0 saturated carbocycles. The maximum Gasteiger partial charge on any atom is 0.233 e. The molecule has 0 aromatic heterocycles. The highest BCUT2D eigenvalue weighted by molar-refractivity contribution is 5.85. The number of amides is 1. The molecule has 4 nitrogen and oxygen atoms in total. The number of carbonyl (C=O) groups excluding carboxylic acids is 1. The molecule has 1 fully saturated rings. The minimum absolute atomic E-state index is 0. The van der Waals surface area contributed by atoms with Crippen LogP contribution in [0.1, 0.15) is 32.1 Å². The predicted molar refractivity (Wildman–Crippen MR) is 81.0 cm³/mol. The van der Waals surface area contributed by atoms with Gasteiger partial charge in [0, 0.05) is 6.54 Å². The zero-order valence-corrected chi connectivity index (χ0v) is 12.9. The number of likely N-dealkylation sites (N-methyl/N-ethyl adjacent to an activating group) is 1. The molecule has 0 unspecified atom stereocenters. The second-order valence-electron chi connectivity index (χ2n) is 4.49. The summed E-state index contributed by atoms with van der Waals surface area (Å²) < 4.78 is 0. The molecule has 18 heavy (non-hydrogen) atoms. The van der Waals surface area contributed by atoms with E-state index in [0.717, 1.165) is 19.5 Å². The SMILES string of the molecule is CNCC(=O)NCCCN1CCCCCC1.Cl.Cl. The van der Waals surface area contributed by atoms with Crippen molar-refractivity contribution in [1.29, 1.82) is 0 Å². The number of halogens is 2. The highest BCUT2D eigenvalue weighted by atomic mass is 35.5. The fourth-order valence-electron chi connectivity index (χ4n) is 2.11. The molecule has 0 aliphatic carbocycles. The molecule has 1 aliphatic rings. The third-order valence-electron chi connectivity index (χ3n) is 3.01. The fourth-order valence-corrected chi connectivity index (χ4v) is 2.11. The third kappa shape index (κ3) is 9.95. The highest BCUT2D eigenvalue weighted by Crippen LogP contribution is 2.09. The molecule has 0 radical (unpaired) electrons. The van der Waals surface area contributed by atoms with Gasteiger partial charge in [-0.15, -0.1) is 24.8 Å². The molecule has 110 valence electrons. The lowest BCUT2D eigenvalue weighted by molar-refractivity contribution is -0.120. The monoisotopic (exact) mass is 299 g/mol. The van der Waals surface area contributed by atoms with Gasteiger partial charge in [-0.1, -0.05) is 12.8 Å².